The maximum absolute atomic E-state index is 5.78. The van der Waals surface area contributed by atoms with Crippen LogP contribution in [-0.4, -0.2) is 17.2 Å². The van der Waals surface area contributed by atoms with Crippen molar-refractivity contribution < 1.29 is 4.74 Å². The molecule has 0 spiro atoms. The molecule has 0 saturated heterocycles. The first-order chi connectivity index (χ1) is 9.08. The lowest BCUT2D eigenvalue weighted by Crippen LogP contribution is -2.44. The lowest BCUT2D eigenvalue weighted by atomic mass is 9.92. The molecule has 1 aromatic heterocycles. The van der Waals surface area contributed by atoms with E-state index in [1.165, 1.54) is 0 Å². The number of aromatic nitrogens is 1. The minimum atomic E-state index is -0.395. The minimum Gasteiger partial charge on any atom is -0.374 e. The maximum Gasteiger partial charge on any atom is 0.0833 e. The van der Waals surface area contributed by atoms with Crippen molar-refractivity contribution in [2.75, 3.05) is 6.61 Å². The summed E-state index contributed by atoms with van der Waals surface area (Å²) in [6.45, 7) is 6.67. The molecule has 19 heavy (non-hydrogen) atoms. The van der Waals surface area contributed by atoms with Gasteiger partial charge >= 0.3 is 0 Å². The van der Waals surface area contributed by atoms with Crippen LogP contribution in [-0.2, 0) is 4.74 Å². The fourth-order valence-electron chi connectivity index (χ4n) is 2.40. The van der Waals surface area contributed by atoms with Crippen molar-refractivity contribution in [1.82, 2.24) is 10.4 Å². The Hall–Kier alpha value is -1.49. The van der Waals surface area contributed by atoms with Gasteiger partial charge in [0.15, 0.2) is 0 Å². The highest BCUT2D eigenvalue weighted by atomic mass is 16.5. The second kappa shape index (κ2) is 5.65. The number of ether oxygens (including phenoxy) is 1. The number of fused-ring (bicyclic) bond motifs is 1. The summed E-state index contributed by atoms with van der Waals surface area (Å²) in [5.74, 6) is 5.71. The third-order valence-electron chi connectivity index (χ3n) is 3.32. The van der Waals surface area contributed by atoms with Gasteiger partial charge in [0, 0.05) is 18.2 Å². The Morgan fingerprint density at radius 3 is 2.79 bits per heavy atom. The molecular formula is C15H21N3O. The number of hydrogen-bond acceptors (Lipinski definition) is 4. The van der Waals surface area contributed by atoms with E-state index in [1.54, 1.807) is 0 Å². The van der Waals surface area contributed by atoms with E-state index >= 15 is 0 Å². The van der Waals surface area contributed by atoms with Gasteiger partial charge in [-0.3, -0.25) is 16.3 Å². The monoisotopic (exact) mass is 259 g/mol. The van der Waals surface area contributed by atoms with E-state index in [9.17, 15) is 0 Å². The predicted octanol–water partition coefficient (Wildman–Crippen LogP) is 2.55. The van der Waals surface area contributed by atoms with E-state index in [0.29, 0.717) is 6.61 Å². The molecule has 1 heterocycles. The van der Waals surface area contributed by atoms with E-state index in [0.717, 1.165) is 16.5 Å². The molecule has 2 rings (SSSR count). The van der Waals surface area contributed by atoms with Crippen molar-refractivity contribution in [2.45, 2.75) is 32.4 Å². The van der Waals surface area contributed by atoms with Crippen molar-refractivity contribution in [3.63, 3.8) is 0 Å². The highest BCUT2D eigenvalue weighted by Crippen LogP contribution is 2.29. The Labute approximate surface area is 113 Å². The van der Waals surface area contributed by atoms with Gasteiger partial charge in [0.25, 0.3) is 0 Å². The SMILES string of the molecule is CCOC(C)(C)C(NN)c1cnc2ccccc2c1. The zero-order chi connectivity index (χ0) is 13.9. The highest BCUT2D eigenvalue weighted by Gasteiger charge is 2.31. The third-order valence-corrected chi connectivity index (χ3v) is 3.32. The van der Waals surface area contributed by atoms with E-state index in [-0.39, 0.29) is 6.04 Å². The van der Waals surface area contributed by atoms with Gasteiger partial charge in [0.05, 0.1) is 17.2 Å². The van der Waals surface area contributed by atoms with Gasteiger partial charge < -0.3 is 4.74 Å². The maximum atomic E-state index is 5.78. The van der Waals surface area contributed by atoms with Gasteiger partial charge in [0.1, 0.15) is 0 Å². The Morgan fingerprint density at radius 1 is 1.37 bits per heavy atom. The number of rotatable bonds is 5. The molecule has 1 unspecified atom stereocenters. The first-order valence-electron chi connectivity index (χ1n) is 6.53. The average Bonchev–Trinajstić information content (AvgIpc) is 2.39. The summed E-state index contributed by atoms with van der Waals surface area (Å²) >= 11 is 0. The number of hydrogen-bond donors (Lipinski definition) is 2. The molecule has 3 N–H and O–H groups in total. The molecule has 102 valence electrons. The number of nitrogens with one attached hydrogen (secondary N) is 1. The quantitative estimate of drug-likeness (QED) is 0.640. The van der Waals surface area contributed by atoms with Crippen LogP contribution in [0.1, 0.15) is 32.4 Å². The molecule has 4 heteroatoms. The van der Waals surface area contributed by atoms with Gasteiger partial charge in [-0.1, -0.05) is 18.2 Å². The normalized spacial score (nSPS) is 13.7. The molecule has 1 aromatic carbocycles. The second-order valence-electron chi connectivity index (χ2n) is 5.10. The fraction of sp³-hybridized carbons (Fsp3) is 0.400. The fourth-order valence-corrected chi connectivity index (χ4v) is 2.40. The molecule has 2 aromatic rings. The van der Waals surface area contributed by atoms with Gasteiger partial charge in [-0.15, -0.1) is 0 Å². The zero-order valence-electron chi connectivity index (χ0n) is 11.7. The standard InChI is InChI=1S/C15H21N3O/c1-4-19-15(2,3)14(18-16)12-9-11-7-5-6-8-13(11)17-10-12/h5-10,14,18H,4,16H2,1-3H3. The first-order valence-corrected chi connectivity index (χ1v) is 6.53. The van der Waals surface area contributed by atoms with Crippen molar-refractivity contribution in [3.05, 3.63) is 42.1 Å². The Kier molecular flexibility index (Phi) is 4.14. The Morgan fingerprint density at radius 2 is 2.11 bits per heavy atom. The Balaban J connectivity index is 2.40. The molecule has 0 radical (unpaired) electrons. The first kappa shape index (κ1) is 13.9. The molecule has 0 bridgehead atoms. The number of hydrazine groups is 1. The van der Waals surface area contributed by atoms with Crippen molar-refractivity contribution in [2.24, 2.45) is 5.84 Å². The number of benzene rings is 1. The molecule has 1 atom stereocenters. The number of nitrogens with zero attached hydrogens (tertiary/aromatic N) is 1. The van der Waals surface area contributed by atoms with Gasteiger partial charge in [0.2, 0.25) is 0 Å². The molecule has 0 amide bonds. The van der Waals surface area contributed by atoms with Crippen molar-refractivity contribution in [1.29, 1.82) is 0 Å². The zero-order valence-corrected chi connectivity index (χ0v) is 11.7. The van der Waals surface area contributed by atoms with E-state index in [2.05, 4.69) is 16.5 Å². The summed E-state index contributed by atoms with van der Waals surface area (Å²) in [7, 11) is 0. The number of pyridine rings is 1. The van der Waals surface area contributed by atoms with E-state index in [1.807, 2.05) is 51.2 Å². The van der Waals surface area contributed by atoms with Crippen LogP contribution in [0.5, 0.6) is 0 Å². The minimum absolute atomic E-state index is 0.107. The Bertz CT molecular complexity index is 554. The summed E-state index contributed by atoms with van der Waals surface area (Å²) in [6, 6.07) is 10.0. The molecule has 0 aliphatic carbocycles. The van der Waals surface area contributed by atoms with Crippen LogP contribution in [0.15, 0.2) is 36.5 Å². The van der Waals surface area contributed by atoms with Crippen LogP contribution < -0.4 is 11.3 Å². The van der Waals surface area contributed by atoms with Crippen LogP contribution in [0.25, 0.3) is 10.9 Å². The van der Waals surface area contributed by atoms with Crippen LogP contribution in [0, 0.1) is 0 Å². The summed E-state index contributed by atoms with van der Waals surface area (Å²) in [4.78, 5) is 4.47. The smallest absolute Gasteiger partial charge is 0.0833 e. The van der Waals surface area contributed by atoms with E-state index < -0.39 is 5.60 Å². The van der Waals surface area contributed by atoms with Crippen LogP contribution in [0.2, 0.25) is 0 Å². The molecular weight excluding hydrogens is 238 g/mol. The number of nitrogens with two attached hydrogens (primary N) is 1. The van der Waals surface area contributed by atoms with Gasteiger partial charge in [-0.25, -0.2) is 0 Å². The van der Waals surface area contributed by atoms with Crippen molar-refractivity contribution >= 4 is 10.9 Å². The van der Waals surface area contributed by atoms with Gasteiger partial charge in [-0.05, 0) is 38.5 Å². The molecule has 0 fully saturated rings. The number of para-hydroxylation sites is 1. The summed E-state index contributed by atoms with van der Waals surface area (Å²) < 4.78 is 5.78. The lowest BCUT2D eigenvalue weighted by Gasteiger charge is -2.33. The average molecular weight is 259 g/mol. The van der Waals surface area contributed by atoms with E-state index in [4.69, 9.17) is 10.6 Å². The van der Waals surface area contributed by atoms with Gasteiger partial charge in [-0.2, -0.15) is 0 Å². The molecule has 0 aliphatic rings. The summed E-state index contributed by atoms with van der Waals surface area (Å²) in [5.41, 5.74) is 4.46. The second-order valence-corrected chi connectivity index (χ2v) is 5.10. The summed E-state index contributed by atoms with van der Waals surface area (Å²) in [5, 5.41) is 1.10. The highest BCUT2D eigenvalue weighted by molar-refractivity contribution is 5.78. The molecule has 4 nitrogen and oxygen atoms in total. The van der Waals surface area contributed by atoms with Crippen LogP contribution in [0.4, 0.5) is 0 Å². The topological polar surface area (TPSA) is 60.2 Å². The molecule has 0 aliphatic heterocycles. The molecule has 0 saturated carbocycles. The van der Waals surface area contributed by atoms with Crippen molar-refractivity contribution in [3.8, 4) is 0 Å². The third kappa shape index (κ3) is 2.92. The predicted molar refractivity (Wildman–Crippen MR) is 77.5 cm³/mol. The van der Waals surface area contributed by atoms with Crippen LogP contribution >= 0.6 is 0 Å². The summed E-state index contributed by atoms with van der Waals surface area (Å²) in [6.07, 6.45) is 1.85. The van der Waals surface area contributed by atoms with Crippen LogP contribution in [0.3, 0.4) is 0 Å². The largest absolute Gasteiger partial charge is 0.374 e. The lowest BCUT2D eigenvalue weighted by molar-refractivity contribution is -0.0393.